The van der Waals surface area contributed by atoms with E-state index in [-0.39, 0.29) is 0 Å². The van der Waals surface area contributed by atoms with Gasteiger partial charge < -0.3 is 5.73 Å². The normalized spacial score (nSPS) is 14.0. The van der Waals surface area contributed by atoms with E-state index in [4.69, 9.17) is 5.73 Å². The highest BCUT2D eigenvalue weighted by atomic mass is 14.5. The minimum Gasteiger partial charge on any atom is -0.399 e. The molecule has 1 heteroatoms. The van der Waals surface area contributed by atoms with Gasteiger partial charge in [-0.3, -0.25) is 0 Å². The number of allylic oxidation sites excluding steroid dienone is 7. The lowest BCUT2D eigenvalue weighted by Gasteiger charge is -2.16. The van der Waals surface area contributed by atoms with Crippen LogP contribution >= 0.6 is 0 Å². The number of rotatable bonds is 13. The second-order valence-electron chi connectivity index (χ2n) is 6.95. The molecule has 0 aliphatic rings. The molecule has 0 spiro atoms. The van der Waals surface area contributed by atoms with Crippen molar-refractivity contribution < 1.29 is 0 Å². The van der Waals surface area contributed by atoms with Crippen molar-refractivity contribution in [3.63, 3.8) is 0 Å². The Balaban J connectivity index is 4.27. The Kier molecular flexibility index (Phi) is 11.7. The Labute approximate surface area is 150 Å². The molecule has 2 N–H and O–H groups in total. The maximum absolute atomic E-state index is 5.51. The van der Waals surface area contributed by atoms with Crippen molar-refractivity contribution in [1.29, 1.82) is 0 Å². The third kappa shape index (κ3) is 10.9. The average molecular weight is 328 g/mol. The lowest BCUT2D eigenvalue weighted by Crippen LogP contribution is -2.02. The smallest absolute Gasteiger partial charge is 0.0241 e. The van der Waals surface area contributed by atoms with Gasteiger partial charge in [-0.1, -0.05) is 103 Å². The minimum absolute atomic E-state index is 0.496. The molecule has 0 rings (SSSR count). The molecule has 0 fully saturated rings. The fourth-order valence-corrected chi connectivity index (χ4v) is 2.40. The Bertz CT molecular complexity index is 490. The van der Waals surface area contributed by atoms with E-state index in [1.807, 2.05) is 12.2 Å². The van der Waals surface area contributed by atoms with E-state index in [1.165, 1.54) is 38.5 Å². The van der Waals surface area contributed by atoms with E-state index in [9.17, 15) is 0 Å². The highest BCUT2D eigenvalue weighted by Crippen LogP contribution is 2.23. The first kappa shape index (κ1) is 22.2. The average Bonchev–Trinajstić information content (AvgIpc) is 2.54. The molecule has 0 aliphatic heterocycles. The summed E-state index contributed by atoms with van der Waals surface area (Å²) in [6.45, 7) is 22.7. The lowest BCUT2D eigenvalue weighted by molar-refractivity contribution is 0.423. The molecule has 0 radical (unpaired) electrons. The van der Waals surface area contributed by atoms with Crippen LogP contribution in [0.4, 0.5) is 0 Å². The van der Waals surface area contributed by atoms with Crippen LogP contribution < -0.4 is 5.73 Å². The first-order chi connectivity index (χ1) is 11.3. The minimum atomic E-state index is 0.496. The zero-order valence-corrected chi connectivity index (χ0v) is 16.1. The zero-order valence-electron chi connectivity index (χ0n) is 16.1. The highest BCUT2D eigenvalue weighted by Gasteiger charge is 2.08. The number of hydrogen-bond acceptors (Lipinski definition) is 1. The number of unbranched alkanes of at least 4 members (excludes halogenated alkanes) is 2. The summed E-state index contributed by atoms with van der Waals surface area (Å²) >= 11 is 0. The summed E-state index contributed by atoms with van der Waals surface area (Å²) in [5.41, 5.74) is 8.88. The first-order valence-electron chi connectivity index (χ1n) is 9.15. The Morgan fingerprint density at radius 2 is 1.42 bits per heavy atom. The van der Waals surface area contributed by atoms with Crippen molar-refractivity contribution in [2.45, 2.75) is 59.3 Å². The van der Waals surface area contributed by atoms with Crippen molar-refractivity contribution in [1.82, 2.24) is 0 Å². The molecule has 1 nitrogen and oxygen atoms in total. The van der Waals surface area contributed by atoms with Crippen LogP contribution in [0.15, 0.2) is 73.0 Å². The SMILES string of the molecule is C=C(N)/C=C\C(=C)C(=C)/C=C\C(=C)C(C)CCC(C)CCCCC. The molecule has 0 saturated heterocycles. The molecular formula is C23H37N. The van der Waals surface area contributed by atoms with Crippen molar-refractivity contribution in [2.75, 3.05) is 0 Å². The summed E-state index contributed by atoms with van der Waals surface area (Å²) in [7, 11) is 0. The van der Waals surface area contributed by atoms with E-state index in [0.717, 1.165) is 22.6 Å². The third-order valence-corrected chi connectivity index (χ3v) is 4.44. The van der Waals surface area contributed by atoms with Gasteiger partial charge in [-0.2, -0.15) is 0 Å². The van der Waals surface area contributed by atoms with Crippen molar-refractivity contribution >= 4 is 0 Å². The summed E-state index contributed by atoms with van der Waals surface area (Å²) in [4.78, 5) is 0. The highest BCUT2D eigenvalue weighted by molar-refractivity contribution is 5.45. The molecule has 24 heavy (non-hydrogen) atoms. The van der Waals surface area contributed by atoms with E-state index in [1.54, 1.807) is 6.08 Å². The van der Waals surface area contributed by atoms with Crippen LogP contribution in [0.25, 0.3) is 0 Å². The predicted octanol–water partition coefficient (Wildman–Crippen LogP) is 6.87. The fourth-order valence-electron chi connectivity index (χ4n) is 2.40. The monoisotopic (exact) mass is 327 g/mol. The lowest BCUT2D eigenvalue weighted by atomic mass is 9.90. The number of hydrogen-bond donors (Lipinski definition) is 1. The van der Waals surface area contributed by atoms with Gasteiger partial charge in [0.05, 0.1) is 0 Å². The van der Waals surface area contributed by atoms with E-state index in [2.05, 4.69) is 53.2 Å². The van der Waals surface area contributed by atoms with Crippen LogP contribution in [0, 0.1) is 11.8 Å². The Hall–Kier alpha value is -1.76. The van der Waals surface area contributed by atoms with Crippen LogP contribution in [0.2, 0.25) is 0 Å². The Morgan fingerprint density at radius 1 is 0.833 bits per heavy atom. The van der Waals surface area contributed by atoms with Gasteiger partial charge in [0.2, 0.25) is 0 Å². The van der Waals surface area contributed by atoms with E-state index < -0.39 is 0 Å². The molecule has 134 valence electrons. The molecule has 0 aromatic carbocycles. The standard InChI is InChI=1S/C23H37N/c1-8-9-10-11-18(2)12-13-19(3)20(4)14-15-21(5)22(6)16-17-23(7)24/h14-19H,4-13,24H2,1-3H3/b15-14-,17-16-. The second-order valence-corrected chi connectivity index (χ2v) is 6.95. The zero-order chi connectivity index (χ0) is 18.5. The van der Waals surface area contributed by atoms with Crippen molar-refractivity contribution in [3.05, 3.63) is 73.0 Å². The van der Waals surface area contributed by atoms with Crippen molar-refractivity contribution in [2.24, 2.45) is 17.6 Å². The van der Waals surface area contributed by atoms with E-state index in [0.29, 0.717) is 11.6 Å². The molecule has 0 saturated carbocycles. The second kappa shape index (κ2) is 12.6. The summed E-state index contributed by atoms with van der Waals surface area (Å²) < 4.78 is 0. The summed E-state index contributed by atoms with van der Waals surface area (Å²) in [5.74, 6) is 1.30. The van der Waals surface area contributed by atoms with Gasteiger partial charge in [-0.05, 0) is 35.5 Å². The molecule has 0 bridgehead atoms. The topological polar surface area (TPSA) is 26.0 Å². The quantitative estimate of drug-likeness (QED) is 0.290. The van der Waals surface area contributed by atoms with Gasteiger partial charge in [0.25, 0.3) is 0 Å². The third-order valence-electron chi connectivity index (χ3n) is 4.44. The maximum atomic E-state index is 5.51. The first-order valence-corrected chi connectivity index (χ1v) is 9.15. The van der Waals surface area contributed by atoms with Gasteiger partial charge >= 0.3 is 0 Å². The molecular weight excluding hydrogens is 290 g/mol. The van der Waals surface area contributed by atoms with Gasteiger partial charge in [0, 0.05) is 5.70 Å². The van der Waals surface area contributed by atoms with Gasteiger partial charge in [0.15, 0.2) is 0 Å². The number of nitrogens with two attached hydrogens (primary N) is 1. The largest absolute Gasteiger partial charge is 0.399 e. The Morgan fingerprint density at radius 3 is 1.96 bits per heavy atom. The molecule has 0 aromatic rings. The molecule has 0 aliphatic carbocycles. The summed E-state index contributed by atoms with van der Waals surface area (Å²) in [6.07, 6.45) is 15.4. The molecule has 2 atom stereocenters. The maximum Gasteiger partial charge on any atom is 0.0241 e. The van der Waals surface area contributed by atoms with Crippen LogP contribution in [-0.2, 0) is 0 Å². The van der Waals surface area contributed by atoms with Gasteiger partial charge in [0.1, 0.15) is 0 Å². The van der Waals surface area contributed by atoms with Gasteiger partial charge in [-0.25, -0.2) is 0 Å². The van der Waals surface area contributed by atoms with Crippen LogP contribution in [-0.4, -0.2) is 0 Å². The molecule has 0 amide bonds. The van der Waals surface area contributed by atoms with E-state index >= 15 is 0 Å². The van der Waals surface area contributed by atoms with Crippen molar-refractivity contribution in [3.8, 4) is 0 Å². The van der Waals surface area contributed by atoms with Gasteiger partial charge in [-0.15, -0.1) is 0 Å². The molecule has 0 heterocycles. The predicted molar refractivity (Wildman–Crippen MR) is 111 cm³/mol. The molecule has 2 unspecified atom stereocenters. The summed E-state index contributed by atoms with van der Waals surface area (Å²) in [5, 5.41) is 0. The van der Waals surface area contributed by atoms with Crippen LogP contribution in [0.1, 0.15) is 59.3 Å². The van der Waals surface area contributed by atoms with Crippen LogP contribution in [0.5, 0.6) is 0 Å². The fraction of sp³-hybridized carbons (Fsp3) is 0.478. The van der Waals surface area contributed by atoms with Crippen LogP contribution in [0.3, 0.4) is 0 Å². The molecule has 0 aromatic heterocycles. The summed E-state index contributed by atoms with van der Waals surface area (Å²) in [6, 6.07) is 0.